The Bertz CT molecular complexity index is 1080. The molecule has 0 spiro atoms. The standard InChI is InChI=1S/C24H21NO3/c1-18-7-10-20-15-23(24(17-26)25(20)16-18)19-8-11-22(12-9-19)28-14-13-27-21-5-3-2-4-6-21/h2-12,15-17H,13-14H2,1H3. The maximum absolute atomic E-state index is 11.7. The Hall–Kier alpha value is -3.53. The van der Waals surface area contributed by atoms with Crippen LogP contribution < -0.4 is 9.47 Å². The van der Waals surface area contributed by atoms with Gasteiger partial charge in [0.1, 0.15) is 24.7 Å². The number of hydrogen-bond donors (Lipinski definition) is 0. The fraction of sp³-hybridized carbons (Fsp3) is 0.125. The van der Waals surface area contributed by atoms with E-state index in [4.69, 9.17) is 9.47 Å². The van der Waals surface area contributed by atoms with E-state index in [1.165, 1.54) is 0 Å². The molecule has 0 aliphatic rings. The zero-order valence-electron chi connectivity index (χ0n) is 15.7. The number of para-hydroxylation sites is 1. The molecule has 0 atom stereocenters. The SMILES string of the molecule is Cc1ccc2cc(-c3ccc(OCCOc4ccccc4)cc3)c(C=O)n2c1. The van der Waals surface area contributed by atoms with Crippen LogP contribution in [0.25, 0.3) is 16.6 Å². The Morgan fingerprint density at radius 1 is 0.857 bits per heavy atom. The lowest BCUT2D eigenvalue weighted by molar-refractivity contribution is 0.111. The fourth-order valence-corrected chi connectivity index (χ4v) is 3.21. The van der Waals surface area contributed by atoms with Crippen LogP contribution in [-0.2, 0) is 0 Å². The van der Waals surface area contributed by atoms with Crippen LogP contribution in [0, 0.1) is 6.92 Å². The molecule has 0 unspecified atom stereocenters. The van der Waals surface area contributed by atoms with Gasteiger partial charge in [-0.25, -0.2) is 0 Å². The normalized spacial score (nSPS) is 10.8. The number of fused-ring (bicyclic) bond motifs is 1. The van der Waals surface area contributed by atoms with E-state index in [0.717, 1.165) is 40.0 Å². The minimum Gasteiger partial charge on any atom is -0.490 e. The van der Waals surface area contributed by atoms with Gasteiger partial charge in [-0.1, -0.05) is 36.4 Å². The molecule has 0 N–H and O–H groups in total. The molecular formula is C24H21NO3. The van der Waals surface area contributed by atoms with Crippen LogP contribution in [0.15, 0.2) is 79.0 Å². The number of hydrogen-bond acceptors (Lipinski definition) is 3. The molecular weight excluding hydrogens is 350 g/mol. The summed E-state index contributed by atoms with van der Waals surface area (Å²) < 4.78 is 13.3. The van der Waals surface area contributed by atoms with Crippen LogP contribution in [0.2, 0.25) is 0 Å². The first-order valence-corrected chi connectivity index (χ1v) is 9.22. The number of carbonyl (C=O) groups excluding carboxylic acids is 1. The van der Waals surface area contributed by atoms with Gasteiger partial charge in [0.15, 0.2) is 6.29 Å². The number of rotatable bonds is 7. The average molecular weight is 371 g/mol. The summed E-state index contributed by atoms with van der Waals surface area (Å²) >= 11 is 0. The summed E-state index contributed by atoms with van der Waals surface area (Å²) in [5.74, 6) is 1.60. The third-order valence-electron chi connectivity index (χ3n) is 4.60. The minimum absolute atomic E-state index is 0.462. The molecule has 2 aromatic heterocycles. The lowest BCUT2D eigenvalue weighted by Gasteiger charge is -2.09. The van der Waals surface area contributed by atoms with E-state index in [-0.39, 0.29) is 0 Å². The second kappa shape index (κ2) is 8.01. The fourth-order valence-electron chi connectivity index (χ4n) is 3.21. The van der Waals surface area contributed by atoms with Gasteiger partial charge in [-0.3, -0.25) is 4.79 Å². The van der Waals surface area contributed by atoms with Crippen LogP contribution in [0.3, 0.4) is 0 Å². The van der Waals surface area contributed by atoms with Gasteiger partial charge in [0.25, 0.3) is 0 Å². The third-order valence-corrected chi connectivity index (χ3v) is 4.60. The lowest BCUT2D eigenvalue weighted by Crippen LogP contribution is -2.08. The molecule has 0 aliphatic carbocycles. The number of ether oxygens (including phenoxy) is 2. The summed E-state index contributed by atoms with van der Waals surface area (Å²) in [6.07, 6.45) is 2.89. The predicted octanol–water partition coefficient (Wildman–Crippen LogP) is 5.19. The molecule has 4 nitrogen and oxygen atoms in total. The number of aryl methyl sites for hydroxylation is 1. The van der Waals surface area contributed by atoms with E-state index >= 15 is 0 Å². The van der Waals surface area contributed by atoms with Gasteiger partial charge in [-0.15, -0.1) is 0 Å². The van der Waals surface area contributed by atoms with Crippen LogP contribution >= 0.6 is 0 Å². The van der Waals surface area contributed by atoms with Crippen molar-refractivity contribution in [1.29, 1.82) is 0 Å². The Labute approximate surface area is 164 Å². The summed E-state index contributed by atoms with van der Waals surface area (Å²) in [6, 6.07) is 23.6. The van der Waals surface area contributed by atoms with Crippen molar-refractivity contribution in [2.45, 2.75) is 6.92 Å². The number of aldehydes is 1. The highest BCUT2D eigenvalue weighted by Crippen LogP contribution is 2.28. The van der Waals surface area contributed by atoms with Crippen LogP contribution in [-0.4, -0.2) is 23.9 Å². The summed E-state index contributed by atoms with van der Waals surface area (Å²) in [5.41, 5.74) is 4.67. The molecule has 0 radical (unpaired) electrons. The van der Waals surface area contributed by atoms with Crippen LogP contribution in [0.4, 0.5) is 0 Å². The number of carbonyl (C=O) groups is 1. The van der Waals surface area contributed by atoms with E-state index in [9.17, 15) is 4.79 Å². The van der Waals surface area contributed by atoms with Crippen molar-refractivity contribution >= 4 is 11.8 Å². The summed E-state index contributed by atoms with van der Waals surface area (Å²) in [5, 5.41) is 0. The zero-order valence-corrected chi connectivity index (χ0v) is 15.7. The third kappa shape index (κ3) is 3.76. The molecule has 4 rings (SSSR count). The molecule has 4 aromatic rings. The molecule has 0 saturated heterocycles. The predicted molar refractivity (Wildman–Crippen MR) is 110 cm³/mol. The Morgan fingerprint density at radius 2 is 1.54 bits per heavy atom. The molecule has 0 amide bonds. The van der Waals surface area contributed by atoms with Gasteiger partial charge < -0.3 is 13.9 Å². The Balaban J connectivity index is 1.44. The smallest absolute Gasteiger partial charge is 0.167 e. The molecule has 0 bridgehead atoms. The average Bonchev–Trinajstić information content (AvgIpc) is 3.10. The highest BCUT2D eigenvalue weighted by Gasteiger charge is 2.11. The number of nitrogens with zero attached hydrogens (tertiary/aromatic N) is 1. The topological polar surface area (TPSA) is 39.9 Å². The molecule has 2 heterocycles. The highest BCUT2D eigenvalue weighted by atomic mass is 16.5. The zero-order chi connectivity index (χ0) is 19.3. The summed E-state index contributed by atoms with van der Waals surface area (Å²) in [6.45, 7) is 2.95. The molecule has 4 heteroatoms. The quantitative estimate of drug-likeness (QED) is 0.332. The first-order valence-electron chi connectivity index (χ1n) is 9.22. The van der Waals surface area contributed by atoms with Gasteiger partial charge in [-0.05, 0) is 54.4 Å². The molecule has 0 aliphatic heterocycles. The van der Waals surface area contributed by atoms with E-state index < -0.39 is 0 Å². The Kier molecular flexibility index (Phi) is 5.11. The monoisotopic (exact) mass is 371 g/mol. The van der Waals surface area contributed by atoms with Crippen LogP contribution in [0.1, 0.15) is 16.1 Å². The summed E-state index contributed by atoms with van der Waals surface area (Å²) in [7, 11) is 0. The van der Waals surface area contributed by atoms with Gasteiger partial charge >= 0.3 is 0 Å². The largest absolute Gasteiger partial charge is 0.490 e. The van der Waals surface area contributed by atoms with Crippen molar-refractivity contribution in [3.05, 3.63) is 90.3 Å². The van der Waals surface area contributed by atoms with Crippen LogP contribution in [0.5, 0.6) is 11.5 Å². The first-order chi connectivity index (χ1) is 13.7. The van der Waals surface area contributed by atoms with Gasteiger partial charge in [-0.2, -0.15) is 0 Å². The van der Waals surface area contributed by atoms with E-state index in [0.29, 0.717) is 18.9 Å². The minimum atomic E-state index is 0.462. The van der Waals surface area contributed by atoms with Crippen molar-refractivity contribution in [2.24, 2.45) is 0 Å². The van der Waals surface area contributed by atoms with E-state index in [1.807, 2.05) is 90.3 Å². The lowest BCUT2D eigenvalue weighted by atomic mass is 10.1. The molecule has 0 fully saturated rings. The molecule has 28 heavy (non-hydrogen) atoms. The van der Waals surface area contributed by atoms with E-state index in [2.05, 4.69) is 0 Å². The van der Waals surface area contributed by atoms with Crippen molar-refractivity contribution in [3.8, 4) is 22.6 Å². The maximum Gasteiger partial charge on any atom is 0.167 e. The summed E-state index contributed by atoms with van der Waals surface area (Å²) in [4.78, 5) is 11.7. The maximum atomic E-state index is 11.7. The second-order valence-electron chi connectivity index (χ2n) is 6.60. The second-order valence-corrected chi connectivity index (χ2v) is 6.60. The number of aromatic nitrogens is 1. The molecule has 2 aromatic carbocycles. The molecule has 140 valence electrons. The van der Waals surface area contributed by atoms with Gasteiger partial charge in [0.05, 0.1) is 5.69 Å². The van der Waals surface area contributed by atoms with Gasteiger partial charge in [0, 0.05) is 17.3 Å². The van der Waals surface area contributed by atoms with Crippen molar-refractivity contribution in [2.75, 3.05) is 13.2 Å². The molecule has 0 saturated carbocycles. The highest BCUT2D eigenvalue weighted by molar-refractivity contribution is 5.90. The van der Waals surface area contributed by atoms with Crippen molar-refractivity contribution < 1.29 is 14.3 Å². The first kappa shape index (κ1) is 17.9. The number of pyridine rings is 1. The Morgan fingerprint density at radius 3 is 2.21 bits per heavy atom. The van der Waals surface area contributed by atoms with Gasteiger partial charge in [0.2, 0.25) is 0 Å². The van der Waals surface area contributed by atoms with Crippen molar-refractivity contribution in [3.63, 3.8) is 0 Å². The van der Waals surface area contributed by atoms with Crippen molar-refractivity contribution in [1.82, 2.24) is 4.40 Å². The number of benzene rings is 2. The van der Waals surface area contributed by atoms with E-state index in [1.54, 1.807) is 0 Å².